The lowest BCUT2D eigenvalue weighted by Gasteiger charge is -2.29. The van der Waals surface area contributed by atoms with Crippen LogP contribution in [0.2, 0.25) is 0 Å². The van der Waals surface area contributed by atoms with Crippen molar-refractivity contribution in [2.45, 2.75) is 64.3 Å². The number of ether oxygens (including phenoxy) is 2. The summed E-state index contributed by atoms with van der Waals surface area (Å²) >= 11 is 0. The Labute approximate surface area is 217 Å². The van der Waals surface area contributed by atoms with Crippen molar-refractivity contribution < 1.29 is 40.9 Å². The van der Waals surface area contributed by atoms with Crippen LogP contribution in [0.25, 0.3) is 11.1 Å². The molecule has 0 aliphatic heterocycles. The molecular formula is C29H28F6O3. The molecule has 0 heterocycles. The van der Waals surface area contributed by atoms with Gasteiger partial charge in [0.25, 0.3) is 0 Å². The maximum Gasteiger partial charge on any atom is 0.201 e. The van der Waals surface area contributed by atoms with Crippen molar-refractivity contribution in [1.29, 1.82) is 0 Å². The Balaban J connectivity index is 1.40. The summed E-state index contributed by atoms with van der Waals surface area (Å²) in [5.74, 6) is -7.74. The van der Waals surface area contributed by atoms with Crippen molar-refractivity contribution in [3.63, 3.8) is 0 Å². The van der Waals surface area contributed by atoms with E-state index >= 15 is 0 Å². The van der Waals surface area contributed by atoms with E-state index in [4.69, 9.17) is 9.47 Å². The number of benzene rings is 3. The molecule has 1 fully saturated rings. The molecule has 0 spiro atoms. The van der Waals surface area contributed by atoms with Crippen LogP contribution in [0.4, 0.5) is 26.3 Å². The van der Waals surface area contributed by atoms with E-state index in [0.29, 0.717) is 25.7 Å². The fraction of sp³-hybridized carbons (Fsp3) is 0.379. The molecule has 0 saturated heterocycles. The lowest BCUT2D eigenvalue weighted by Crippen LogP contribution is -2.22. The van der Waals surface area contributed by atoms with Crippen molar-refractivity contribution in [2.75, 3.05) is 6.61 Å². The highest BCUT2D eigenvalue weighted by Gasteiger charge is 2.28. The predicted octanol–water partition coefficient (Wildman–Crippen LogP) is 7.88. The zero-order valence-corrected chi connectivity index (χ0v) is 21.0. The third-order valence-electron chi connectivity index (χ3n) is 6.98. The Morgan fingerprint density at radius 3 is 2.03 bits per heavy atom. The molecular weight excluding hydrogens is 510 g/mol. The molecule has 0 bridgehead atoms. The lowest BCUT2D eigenvalue weighted by atomic mass is 9.82. The van der Waals surface area contributed by atoms with Gasteiger partial charge in [-0.2, -0.15) is 4.39 Å². The second-order valence-corrected chi connectivity index (χ2v) is 9.41. The first kappa shape index (κ1) is 28.0. The number of hydrogen-bond acceptors (Lipinski definition) is 3. The van der Waals surface area contributed by atoms with E-state index in [1.54, 1.807) is 6.92 Å². The fourth-order valence-corrected chi connectivity index (χ4v) is 4.88. The topological polar surface area (TPSA) is 38.7 Å². The molecule has 204 valence electrons. The van der Waals surface area contributed by atoms with Gasteiger partial charge in [0, 0.05) is 22.3 Å². The van der Waals surface area contributed by atoms with Crippen molar-refractivity contribution in [2.24, 2.45) is 0 Å². The van der Waals surface area contributed by atoms with Gasteiger partial charge in [-0.05, 0) is 63.1 Å². The standard InChI is InChI=1S/C29H28F6O3/c1-3-37-23-13-12-22(28(34)29(23)35)21-9-6-17(24(30)27(21)33)14-38-18-7-4-16(5-8-18)20-11-10-19(15(2)36)25(31)26(20)32/h6,9-13,15-16,18,36H,3-5,7-8,14H2,1-2H3. The van der Waals surface area contributed by atoms with E-state index in [-0.39, 0.29) is 47.7 Å². The summed E-state index contributed by atoms with van der Waals surface area (Å²) in [5.41, 5.74) is -0.798. The van der Waals surface area contributed by atoms with Gasteiger partial charge >= 0.3 is 0 Å². The maximum atomic E-state index is 14.8. The molecule has 38 heavy (non-hydrogen) atoms. The minimum absolute atomic E-state index is 0.0815. The third-order valence-corrected chi connectivity index (χ3v) is 6.98. The third kappa shape index (κ3) is 5.54. The molecule has 4 rings (SSSR count). The van der Waals surface area contributed by atoms with E-state index in [1.165, 1.54) is 31.2 Å². The zero-order valence-electron chi connectivity index (χ0n) is 21.0. The van der Waals surface area contributed by atoms with Crippen molar-refractivity contribution in [3.05, 3.63) is 88.0 Å². The van der Waals surface area contributed by atoms with Crippen LogP contribution in [0.15, 0.2) is 36.4 Å². The predicted molar refractivity (Wildman–Crippen MR) is 130 cm³/mol. The van der Waals surface area contributed by atoms with Crippen LogP contribution < -0.4 is 4.74 Å². The van der Waals surface area contributed by atoms with E-state index in [9.17, 15) is 31.4 Å². The Hall–Kier alpha value is -3.04. The number of halogens is 6. The van der Waals surface area contributed by atoms with Gasteiger partial charge in [0.2, 0.25) is 5.82 Å². The molecule has 1 N–H and O–H groups in total. The molecule has 1 atom stereocenters. The van der Waals surface area contributed by atoms with Gasteiger partial charge in [-0.1, -0.05) is 24.3 Å². The van der Waals surface area contributed by atoms with Gasteiger partial charge in [-0.3, -0.25) is 0 Å². The summed E-state index contributed by atoms with van der Waals surface area (Å²) in [6.07, 6.45) is 0.602. The first-order valence-electron chi connectivity index (χ1n) is 12.5. The van der Waals surface area contributed by atoms with Crippen LogP contribution in [0.3, 0.4) is 0 Å². The largest absolute Gasteiger partial charge is 0.491 e. The van der Waals surface area contributed by atoms with Crippen molar-refractivity contribution in [1.82, 2.24) is 0 Å². The summed E-state index contributed by atoms with van der Waals surface area (Å²) in [5, 5.41) is 9.57. The summed E-state index contributed by atoms with van der Waals surface area (Å²) < 4.78 is 97.9. The molecule has 3 nitrogen and oxygen atoms in total. The van der Waals surface area contributed by atoms with Gasteiger partial charge in [0.15, 0.2) is 34.8 Å². The van der Waals surface area contributed by atoms with Gasteiger partial charge in [0.1, 0.15) is 0 Å². The van der Waals surface area contributed by atoms with Crippen LogP contribution in [0.5, 0.6) is 5.75 Å². The highest BCUT2D eigenvalue weighted by Crippen LogP contribution is 2.38. The molecule has 1 aliphatic rings. The SMILES string of the molecule is CCOc1ccc(-c2ccc(COC3CCC(c4ccc(C(C)O)c(F)c4F)CC3)c(F)c2F)c(F)c1F. The Bertz CT molecular complexity index is 1300. The molecule has 9 heteroatoms. The van der Waals surface area contributed by atoms with Crippen LogP contribution in [-0.2, 0) is 11.3 Å². The Morgan fingerprint density at radius 2 is 1.39 bits per heavy atom. The molecule has 1 unspecified atom stereocenters. The zero-order chi connectivity index (χ0) is 27.6. The first-order chi connectivity index (χ1) is 18.1. The summed E-state index contributed by atoms with van der Waals surface area (Å²) in [7, 11) is 0. The molecule has 1 saturated carbocycles. The monoisotopic (exact) mass is 538 g/mol. The summed E-state index contributed by atoms with van der Waals surface area (Å²) in [6, 6.07) is 7.59. The fourth-order valence-electron chi connectivity index (χ4n) is 4.88. The van der Waals surface area contributed by atoms with Crippen LogP contribution >= 0.6 is 0 Å². The minimum Gasteiger partial charge on any atom is -0.491 e. The number of hydrogen-bond donors (Lipinski definition) is 1. The average molecular weight is 539 g/mol. The summed E-state index contributed by atoms with van der Waals surface area (Å²) in [4.78, 5) is 0. The van der Waals surface area contributed by atoms with E-state index < -0.39 is 52.1 Å². The molecule has 1 aliphatic carbocycles. The van der Waals surface area contributed by atoms with Gasteiger partial charge < -0.3 is 14.6 Å². The molecule has 0 aromatic heterocycles. The smallest absolute Gasteiger partial charge is 0.201 e. The van der Waals surface area contributed by atoms with Gasteiger partial charge in [0.05, 0.1) is 25.4 Å². The lowest BCUT2D eigenvalue weighted by molar-refractivity contribution is 0.0116. The average Bonchev–Trinajstić information content (AvgIpc) is 2.90. The number of aliphatic hydroxyl groups is 1. The maximum absolute atomic E-state index is 14.8. The molecule has 0 radical (unpaired) electrons. The van der Waals surface area contributed by atoms with Gasteiger partial charge in [-0.15, -0.1) is 0 Å². The minimum atomic E-state index is -1.34. The quantitative estimate of drug-likeness (QED) is 0.297. The van der Waals surface area contributed by atoms with Crippen LogP contribution in [0, 0.1) is 34.9 Å². The second-order valence-electron chi connectivity index (χ2n) is 9.41. The Morgan fingerprint density at radius 1 is 0.763 bits per heavy atom. The van der Waals surface area contributed by atoms with Crippen molar-refractivity contribution in [3.8, 4) is 16.9 Å². The van der Waals surface area contributed by atoms with E-state index in [0.717, 1.165) is 12.1 Å². The molecule has 0 amide bonds. The molecule has 3 aromatic carbocycles. The second kappa shape index (κ2) is 11.8. The van der Waals surface area contributed by atoms with Crippen LogP contribution in [0.1, 0.15) is 68.2 Å². The normalized spacial score (nSPS) is 18.4. The summed E-state index contributed by atoms with van der Waals surface area (Å²) in [6.45, 7) is 2.83. The van der Waals surface area contributed by atoms with Gasteiger partial charge in [-0.25, -0.2) is 22.0 Å². The number of aliphatic hydroxyl groups excluding tert-OH is 1. The Kier molecular flexibility index (Phi) is 8.67. The van der Waals surface area contributed by atoms with E-state index in [2.05, 4.69) is 0 Å². The number of rotatable bonds is 8. The van der Waals surface area contributed by atoms with E-state index in [1.807, 2.05) is 0 Å². The highest BCUT2D eigenvalue weighted by atomic mass is 19.2. The first-order valence-corrected chi connectivity index (χ1v) is 12.5. The van der Waals surface area contributed by atoms with Crippen molar-refractivity contribution >= 4 is 0 Å². The highest BCUT2D eigenvalue weighted by molar-refractivity contribution is 5.66. The van der Waals surface area contributed by atoms with Crippen LogP contribution in [-0.4, -0.2) is 17.8 Å². The molecule has 3 aromatic rings.